The highest BCUT2D eigenvalue weighted by Gasteiger charge is 2.32. The molecule has 0 bridgehead atoms. The highest BCUT2D eigenvalue weighted by atomic mass is 16.1. The standard InChI is InChI=1S/C11H20N2O/c12-11(6-1-2-7-11)8-10(14)13-9-4-3-5-9/h9H,1-8,12H2,(H,13,14). The Balaban J connectivity index is 1.75. The van der Waals surface area contributed by atoms with Crippen LogP contribution in [0.3, 0.4) is 0 Å². The average molecular weight is 196 g/mol. The molecule has 0 atom stereocenters. The Morgan fingerprint density at radius 2 is 1.93 bits per heavy atom. The minimum atomic E-state index is -0.187. The summed E-state index contributed by atoms with van der Waals surface area (Å²) in [5.41, 5.74) is 5.95. The molecule has 0 aromatic rings. The van der Waals surface area contributed by atoms with E-state index in [1.165, 1.54) is 19.3 Å². The second kappa shape index (κ2) is 3.89. The molecule has 0 heterocycles. The predicted molar refractivity (Wildman–Crippen MR) is 55.8 cm³/mol. The molecule has 14 heavy (non-hydrogen) atoms. The van der Waals surface area contributed by atoms with Crippen molar-refractivity contribution in [3.63, 3.8) is 0 Å². The van der Waals surface area contributed by atoms with Crippen LogP contribution in [0.5, 0.6) is 0 Å². The van der Waals surface area contributed by atoms with Gasteiger partial charge in [-0.15, -0.1) is 0 Å². The van der Waals surface area contributed by atoms with Gasteiger partial charge in [-0.1, -0.05) is 12.8 Å². The predicted octanol–water partition coefficient (Wildman–Crippen LogP) is 1.32. The van der Waals surface area contributed by atoms with Crippen LogP contribution < -0.4 is 11.1 Å². The van der Waals surface area contributed by atoms with Crippen molar-refractivity contribution >= 4 is 5.91 Å². The van der Waals surface area contributed by atoms with Gasteiger partial charge in [0.2, 0.25) is 5.91 Å². The summed E-state index contributed by atoms with van der Waals surface area (Å²) in [5.74, 6) is 0.166. The van der Waals surface area contributed by atoms with E-state index < -0.39 is 0 Å². The van der Waals surface area contributed by atoms with Gasteiger partial charge >= 0.3 is 0 Å². The van der Waals surface area contributed by atoms with Crippen molar-refractivity contribution in [1.82, 2.24) is 5.32 Å². The van der Waals surface area contributed by atoms with Gasteiger partial charge in [0.25, 0.3) is 0 Å². The summed E-state index contributed by atoms with van der Waals surface area (Å²) in [7, 11) is 0. The first-order valence-corrected chi connectivity index (χ1v) is 5.76. The number of hydrogen-bond donors (Lipinski definition) is 2. The van der Waals surface area contributed by atoms with Crippen LogP contribution in [0, 0.1) is 0 Å². The number of hydrogen-bond acceptors (Lipinski definition) is 2. The molecule has 0 spiro atoms. The molecule has 3 N–H and O–H groups in total. The number of nitrogens with two attached hydrogens (primary N) is 1. The fourth-order valence-corrected chi connectivity index (χ4v) is 2.41. The lowest BCUT2D eigenvalue weighted by molar-refractivity contribution is -0.123. The highest BCUT2D eigenvalue weighted by Crippen LogP contribution is 2.30. The van der Waals surface area contributed by atoms with Crippen LogP contribution in [0.4, 0.5) is 0 Å². The second-order valence-electron chi connectivity index (χ2n) is 4.94. The lowest BCUT2D eigenvalue weighted by Crippen LogP contribution is -2.46. The quantitative estimate of drug-likeness (QED) is 0.715. The van der Waals surface area contributed by atoms with Crippen molar-refractivity contribution in [3.8, 4) is 0 Å². The third-order valence-corrected chi connectivity index (χ3v) is 3.58. The topological polar surface area (TPSA) is 55.1 Å². The summed E-state index contributed by atoms with van der Waals surface area (Å²) in [4.78, 5) is 11.6. The van der Waals surface area contributed by atoms with E-state index in [0.29, 0.717) is 12.5 Å². The minimum absolute atomic E-state index is 0.166. The zero-order valence-corrected chi connectivity index (χ0v) is 8.72. The summed E-state index contributed by atoms with van der Waals surface area (Å²) >= 11 is 0. The fraction of sp³-hybridized carbons (Fsp3) is 0.909. The third-order valence-electron chi connectivity index (χ3n) is 3.58. The Kier molecular flexibility index (Phi) is 2.77. The Bertz CT molecular complexity index is 217. The summed E-state index contributed by atoms with van der Waals surface area (Å²) in [5, 5.41) is 3.05. The van der Waals surface area contributed by atoms with E-state index in [4.69, 9.17) is 5.73 Å². The van der Waals surface area contributed by atoms with Gasteiger partial charge in [0.1, 0.15) is 0 Å². The maximum Gasteiger partial charge on any atom is 0.222 e. The molecule has 0 aliphatic heterocycles. The second-order valence-corrected chi connectivity index (χ2v) is 4.94. The summed E-state index contributed by atoms with van der Waals surface area (Å²) in [6, 6.07) is 0.451. The molecule has 2 aliphatic rings. The van der Waals surface area contributed by atoms with Gasteiger partial charge < -0.3 is 11.1 Å². The molecular formula is C11H20N2O. The van der Waals surface area contributed by atoms with Crippen molar-refractivity contribution in [2.75, 3.05) is 0 Å². The summed E-state index contributed by atoms with van der Waals surface area (Å²) in [6.45, 7) is 0. The van der Waals surface area contributed by atoms with Gasteiger partial charge in [0.15, 0.2) is 0 Å². The van der Waals surface area contributed by atoms with E-state index >= 15 is 0 Å². The Morgan fingerprint density at radius 3 is 2.43 bits per heavy atom. The number of carbonyl (C=O) groups is 1. The molecule has 0 unspecified atom stereocenters. The van der Waals surface area contributed by atoms with Gasteiger partial charge in [0.05, 0.1) is 0 Å². The maximum atomic E-state index is 11.6. The molecule has 2 fully saturated rings. The van der Waals surface area contributed by atoms with E-state index in [0.717, 1.165) is 25.7 Å². The van der Waals surface area contributed by atoms with Gasteiger partial charge in [0, 0.05) is 18.0 Å². The monoisotopic (exact) mass is 196 g/mol. The van der Waals surface area contributed by atoms with Gasteiger partial charge in [-0.3, -0.25) is 4.79 Å². The molecule has 1 amide bonds. The van der Waals surface area contributed by atoms with Crippen molar-refractivity contribution in [1.29, 1.82) is 0 Å². The maximum absolute atomic E-state index is 11.6. The number of rotatable bonds is 3. The van der Waals surface area contributed by atoms with Crippen LogP contribution in [-0.2, 0) is 4.79 Å². The lowest BCUT2D eigenvalue weighted by Gasteiger charge is -2.29. The first-order valence-electron chi connectivity index (χ1n) is 5.76. The van der Waals surface area contributed by atoms with Crippen LogP contribution in [0.2, 0.25) is 0 Å². The van der Waals surface area contributed by atoms with Gasteiger partial charge in [-0.25, -0.2) is 0 Å². The molecule has 0 aromatic heterocycles. The lowest BCUT2D eigenvalue weighted by atomic mass is 9.91. The molecule has 2 aliphatic carbocycles. The number of carbonyl (C=O) groups excluding carboxylic acids is 1. The Labute approximate surface area is 85.4 Å². The average Bonchev–Trinajstić information content (AvgIpc) is 2.44. The van der Waals surface area contributed by atoms with Crippen LogP contribution in [0.15, 0.2) is 0 Å². The molecule has 2 saturated carbocycles. The van der Waals surface area contributed by atoms with Crippen LogP contribution >= 0.6 is 0 Å². The van der Waals surface area contributed by atoms with Crippen molar-refractivity contribution in [3.05, 3.63) is 0 Å². The normalized spacial score (nSPS) is 25.8. The molecular weight excluding hydrogens is 176 g/mol. The fourth-order valence-electron chi connectivity index (χ4n) is 2.41. The Hall–Kier alpha value is -0.570. The van der Waals surface area contributed by atoms with E-state index in [2.05, 4.69) is 5.32 Å². The summed E-state index contributed by atoms with van der Waals surface area (Å²) < 4.78 is 0. The molecule has 3 nitrogen and oxygen atoms in total. The molecule has 80 valence electrons. The molecule has 0 saturated heterocycles. The zero-order chi connectivity index (χ0) is 10.0. The first-order chi connectivity index (χ1) is 6.68. The summed E-state index contributed by atoms with van der Waals surface area (Å²) in [6.07, 6.45) is 8.52. The van der Waals surface area contributed by atoms with E-state index in [1.54, 1.807) is 0 Å². The van der Waals surface area contributed by atoms with Crippen LogP contribution in [0.1, 0.15) is 51.4 Å². The highest BCUT2D eigenvalue weighted by molar-refractivity contribution is 5.77. The van der Waals surface area contributed by atoms with Gasteiger partial charge in [-0.2, -0.15) is 0 Å². The molecule has 3 heteroatoms. The minimum Gasteiger partial charge on any atom is -0.353 e. The first kappa shape index (κ1) is 9.97. The van der Waals surface area contributed by atoms with Crippen molar-refractivity contribution in [2.45, 2.75) is 62.9 Å². The van der Waals surface area contributed by atoms with E-state index in [1.807, 2.05) is 0 Å². The molecule has 2 rings (SSSR count). The van der Waals surface area contributed by atoms with E-state index in [9.17, 15) is 4.79 Å². The molecule has 0 aromatic carbocycles. The number of amides is 1. The van der Waals surface area contributed by atoms with Crippen LogP contribution in [0.25, 0.3) is 0 Å². The van der Waals surface area contributed by atoms with Crippen molar-refractivity contribution in [2.24, 2.45) is 5.73 Å². The van der Waals surface area contributed by atoms with Crippen molar-refractivity contribution < 1.29 is 4.79 Å². The number of nitrogens with one attached hydrogen (secondary N) is 1. The van der Waals surface area contributed by atoms with Gasteiger partial charge in [-0.05, 0) is 32.1 Å². The Morgan fingerprint density at radius 1 is 1.29 bits per heavy atom. The smallest absolute Gasteiger partial charge is 0.222 e. The van der Waals surface area contributed by atoms with Crippen LogP contribution in [-0.4, -0.2) is 17.5 Å². The largest absolute Gasteiger partial charge is 0.353 e. The van der Waals surface area contributed by atoms with E-state index in [-0.39, 0.29) is 11.4 Å². The zero-order valence-electron chi connectivity index (χ0n) is 8.72. The SMILES string of the molecule is NC1(CC(=O)NC2CCC2)CCCC1. The third kappa shape index (κ3) is 2.27. The molecule has 0 radical (unpaired) electrons.